The summed E-state index contributed by atoms with van der Waals surface area (Å²) in [6, 6.07) is 4.21. The van der Waals surface area contributed by atoms with E-state index in [1.165, 1.54) is 12.8 Å². The fourth-order valence-corrected chi connectivity index (χ4v) is 2.43. The molecule has 0 aliphatic carbocycles. The van der Waals surface area contributed by atoms with E-state index in [0.29, 0.717) is 13.2 Å². The predicted octanol–water partition coefficient (Wildman–Crippen LogP) is 1.38. The number of aliphatic imine (C=N–C) groups is 1. The van der Waals surface area contributed by atoms with Gasteiger partial charge >= 0.3 is 0 Å². The van der Waals surface area contributed by atoms with Gasteiger partial charge in [0.15, 0.2) is 5.96 Å². The van der Waals surface area contributed by atoms with Crippen LogP contribution in [0.4, 0.5) is 5.82 Å². The molecule has 1 saturated heterocycles. The van der Waals surface area contributed by atoms with Gasteiger partial charge in [0, 0.05) is 39.5 Å². The molecule has 122 valence electrons. The first kappa shape index (κ1) is 16.5. The highest BCUT2D eigenvalue weighted by atomic mass is 16.5. The van der Waals surface area contributed by atoms with E-state index in [9.17, 15) is 0 Å². The molecule has 1 aliphatic rings. The highest BCUT2D eigenvalue weighted by molar-refractivity contribution is 5.79. The zero-order valence-electron chi connectivity index (χ0n) is 13.6. The number of hydrogen-bond acceptors (Lipinski definition) is 4. The molecular weight excluding hydrogens is 278 g/mol. The van der Waals surface area contributed by atoms with E-state index in [4.69, 9.17) is 4.74 Å². The topological polar surface area (TPSA) is 61.8 Å². The minimum atomic E-state index is 0.621. The van der Waals surface area contributed by atoms with Crippen LogP contribution in [0.3, 0.4) is 0 Å². The average molecular weight is 305 g/mol. The molecule has 0 amide bonds. The molecule has 2 N–H and O–H groups in total. The molecule has 22 heavy (non-hydrogen) atoms. The van der Waals surface area contributed by atoms with E-state index >= 15 is 0 Å². The summed E-state index contributed by atoms with van der Waals surface area (Å²) < 4.78 is 5.04. The molecule has 1 aromatic rings. The summed E-state index contributed by atoms with van der Waals surface area (Å²) in [5.74, 6) is 1.89. The number of methoxy groups -OCH3 is 1. The monoisotopic (exact) mass is 305 g/mol. The lowest BCUT2D eigenvalue weighted by Crippen LogP contribution is -2.38. The number of pyridine rings is 1. The number of guanidine groups is 1. The Morgan fingerprint density at radius 2 is 2.14 bits per heavy atom. The SMILES string of the molecule is CCNC(=NCc1ccc(N2CCCC2)nc1)NCCOC. The van der Waals surface area contributed by atoms with Crippen molar-refractivity contribution in [2.45, 2.75) is 26.3 Å². The zero-order chi connectivity index (χ0) is 15.6. The molecule has 1 fully saturated rings. The zero-order valence-corrected chi connectivity index (χ0v) is 13.6. The second-order valence-electron chi connectivity index (χ2n) is 5.33. The van der Waals surface area contributed by atoms with Crippen LogP contribution in [0.2, 0.25) is 0 Å². The maximum absolute atomic E-state index is 5.04. The molecule has 0 atom stereocenters. The Hall–Kier alpha value is -1.82. The third-order valence-electron chi connectivity index (χ3n) is 3.60. The summed E-state index contributed by atoms with van der Waals surface area (Å²) >= 11 is 0. The summed E-state index contributed by atoms with van der Waals surface area (Å²) in [7, 11) is 1.69. The molecule has 0 aromatic carbocycles. The first-order valence-corrected chi connectivity index (χ1v) is 8.04. The summed E-state index contributed by atoms with van der Waals surface area (Å²) in [5.41, 5.74) is 1.12. The van der Waals surface area contributed by atoms with Crippen molar-refractivity contribution < 1.29 is 4.74 Å². The van der Waals surface area contributed by atoms with E-state index in [0.717, 1.165) is 43.5 Å². The molecule has 2 rings (SSSR count). The molecule has 6 nitrogen and oxygen atoms in total. The molecule has 2 heterocycles. The molecule has 0 radical (unpaired) electrons. The largest absolute Gasteiger partial charge is 0.383 e. The number of nitrogens with zero attached hydrogens (tertiary/aromatic N) is 3. The molecule has 0 bridgehead atoms. The number of ether oxygens (including phenoxy) is 1. The van der Waals surface area contributed by atoms with Crippen molar-refractivity contribution in [1.29, 1.82) is 0 Å². The quantitative estimate of drug-likeness (QED) is 0.453. The Bertz CT molecular complexity index is 454. The van der Waals surface area contributed by atoms with E-state index < -0.39 is 0 Å². The van der Waals surface area contributed by atoms with Gasteiger partial charge < -0.3 is 20.3 Å². The van der Waals surface area contributed by atoms with Gasteiger partial charge in [0.2, 0.25) is 0 Å². The number of aromatic nitrogens is 1. The average Bonchev–Trinajstić information content (AvgIpc) is 3.08. The Labute approximate surface area is 133 Å². The van der Waals surface area contributed by atoms with Gasteiger partial charge in [-0.05, 0) is 31.4 Å². The smallest absolute Gasteiger partial charge is 0.191 e. The molecule has 0 unspecified atom stereocenters. The molecule has 1 aliphatic heterocycles. The van der Waals surface area contributed by atoms with E-state index in [1.807, 2.05) is 6.20 Å². The molecule has 1 aromatic heterocycles. The predicted molar refractivity (Wildman–Crippen MR) is 90.4 cm³/mol. The normalized spacial score (nSPS) is 15.2. The van der Waals surface area contributed by atoms with Crippen LogP contribution in [-0.2, 0) is 11.3 Å². The van der Waals surface area contributed by atoms with Gasteiger partial charge in [0.25, 0.3) is 0 Å². The lowest BCUT2D eigenvalue weighted by atomic mass is 10.3. The van der Waals surface area contributed by atoms with Crippen LogP contribution in [0, 0.1) is 0 Å². The van der Waals surface area contributed by atoms with E-state index in [-0.39, 0.29) is 0 Å². The maximum Gasteiger partial charge on any atom is 0.191 e. The number of anilines is 1. The van der Waals surface area contributed by atoms with Crippen LogP contribution in [-0.4, -0.2) is 50.8 Å². The van der Waals surface area contributed by atoms with Gasteiger partial charge in [0.05, 0.1) is 13.2 Å². The first-order chi connectivity index (χ1) is 10.8. The highest BCUT2D eigenvalue weighted by Crippen LogP contribution is 2.17. The van der Waals surface area contributed by atoms with Crippen molar-refractivity contribution in [2.75, 3.05) is 44.8 Å². The van der Waals surface area contributed by atoms with Crippen LogP contribution in [0.5, 0.6) is 0 Å². The van der Waals surface area contributed by atoms with Gasteiger partial charge in [-0.15, -0.1) is 0 Å². The molecular formula is C16H27N5O. The standard InChI is InChI=1S/C16H27N5O/c1-3-17-16(18-8-11-22-2)20-13-14-6-7-15(19-12-14)21-9-4-5-10-21/h6-7,12H,3-5,8-11,13H2,1-2H3,(H2,17,18,20). The lowest BCUT2D eigenvalue weighted by molar-refractivity contribution is 0.203. The van der Waals surface area contributed by atoms with E-state index in [1.54, 1.807) is 7.11 Å². The lowest BCUT2D eigenvalue weighted by Gasteiger charge is -2.16. The van der Waals surface area contributed by atoms with Crippen molar-refractivity contribution in [2.24, 2.45) is 4.99 Å². The summed E-state index contributed by atoms with van der Waals surface area (Å²) in [6.45, 7) is 7.17. The van der Waals surface area contributed by atoms with Gasteiger partial charge in [-0.25, -0.2) is 9.98 Å². The molecule has 0 spiro atoms. The fraction of sp³-hybridized carbons (Fsp3) is 0.625. The Balaban J connectivity index is 1.88. The molecule has 6 heteroatoms. The number of hydrogen-bond donors (Lipinski definition) is 2. The fourth-order valence-electron chi connectivity index (χ4n) is 2.43. The van der Waals surface area contributed by atoms with Gasteiger partial charge in [-0.1, -0.05) is 6.07 Å². The van der Waals surface area contributed by atoms with Crippen molar-refractivity contribution in [3.8, 4) is 0 Å². The third-order valence-corrected chi connectivity index (χ3v) is 3.60. The van der Waals surface area contributed by atoms with Crippen LogP contribution >= 0.6 is 0 Å². The summed E-state index contributed by atoms with van der Waals surface area (Å²) in [4.78, 5) is 11.5. The Morgan fingerprint density at radius 3 is 2.77 bits per heavy atom. The minimum Gasteiger partial charge on any atom is -0.383 e. The highest BCUT2D eigenvalue weighted by Gasteiger charge is 2.12. The van der Waals surface area contributed by atoms with Crippen LogP contribution in [0.25, 0.3) is 0 Å². The Morgan fingerprint density at radius 1 is 1.32 bits per heavy atom. The summed E-state index contributed by atoms with van der Waals surface area (Å²) in [6.07, 6.45) is 4.47. The third kappa shape index (κ3) is 5.18. The van der Waals surface area contributed by atoms with Crippen molar-refractivity contribution in [1.82, 2.24) is 15.6 Å². The van der Waals surface area contributed by atoms with E-state index in [2.05, 4.69) is 44.6 Å². The Kier molecular flexibility index (Phi) is 6.96. The van der Waals surface area contributed by atoms with Gasteiger partial charge in [0.1, 0.15) is 5.82 Å². The molecule has 0 saturated carbocycles. The second kappa shape index (κ2) is 9.25. The van der Waals surface area contributed by atoms with Crippen molar-refractivity contribution in [3.63, 3.8) is 0 Å². The van der Waals surface area contributed by atoms with Crippen LogP contribution in [0.1, 0.15) is 25.3 Å². The van der Waals surface area contributed by atoms with Crippen molar-refractivity contribution >= 4 is 11.8 Å². The maximum atomic E-state index is 5.04. The number of nitrogens with one attached hydrogen (secondary N) is 2. The van der Waals surface area contributed by atoms with Crippen molar-refractivity contribution in [3.05, 3.63) is 23.9 Å². The van der Waals surface area contributed by atoms with Crippen LogP contribution < -0.4 is 15.5 Å². The van der Waals surface area contributed by atoms with Gasteiger partial charge in [-0.3, -0.25) is 0 Å². The van der Waals surface area contributed by atoms with Crippen LogP contribution in [0.15, 0.2) is 23.3 Å². The van der Waals surface area contributed by atoms with Gasteiger partial charge in [-0.2, -0.15) is 0 Å². The minimum absolute atomic E-state index is 0.621. The first-order valence-electron chi connectivity index (χ1n) is 8.04. The number of rotatable bonds is 7. The summed E-state index contributed by atoms with van der Waals surface area (Å²) in [5, 5.41) is 6.46. The second-order valence-corrected chi connectivity index (χ2v) is 5.33.